The third kappa shape index (κ3) is 5.43. The van der Waals surface area contributed by atoms with Gasteiger partial charge < -0.3 is 4.57 Å². The van der Waals surface area contributed by atoms with Crippen molar-refractivity contribution < 1.29 is 40.5 Å². The number of benzene rings is 3. The van der Waals surface area contributed by atoms with Crippen LogP contribution in [0, 0.1) is 0 Å². The molecule has 0 aromatic heterocycles. The Morgan fingerprint density at radius 2 is 1.26 bits per heavy atom. The van der Waals surface area contributed by atoms with Gasteiger partial charge in [0.1, 0.15) is 0 Å². The molecule has 35 heavy (non-hydrogen) atoms. The zero-order chi connectivity index (χ0) is 26.3. The van der Waals surface area contributed by atoms with E-state index in [0.29, 0.717) is 6.07 Å². The molecule has 1 atom stereocenters. The Balaban J connectivity index is 2.17. The maximum Gasteiger partial charge on any atom is 0.417 e. The molecule has 1 unspecified atom stereocenters. The third-order valence-electron chi connectivity index (χ3n) is 4.77. The van der Waals surface area contributed by atoms with Crippen molar-refractivity contribution in [3.8, 4) is 0 Å². The minimum Gasteiger partial charge on any atom is -0.313 e. The van der Waals surface area contributed by atoms with Crippen LogP contribution in [0.5, 0.6) is 0 Å². The maximum atomic E-state index is 13.4. The molecule has 0 heterocycles. The Morgan fingerprint density at radius 3 is 1.74 bits per heavy atom. The summed E-state index contributed by atoms with van der Waals surface area (Å²) in [5.74, 6) is -0.668. The summed E-state index contributed by atoms with van der Waals surface area (Å²) in [6, 6.07) is 9.50. The van der Waals surface area contributed by atoms with Crippen molar-refractivity contribution in [2.45, 2.75) is 12.4 Å². The van der Waals surface area contributed by atoms with E-state index in [1.807, 2.05) is 0 Å². The van der Waals surface area contributed by atoms with Gasteiger partial charge in [0, 0.05) is 16.7 Å². The highest BCUT2D eigenvalue weighted by Gasteiger charge is 2.44. The van der Waals surface area contributed by atoms with Gasteiger partial charge in [0.15, 0.2) is 13.6 Å². The monoisotopic (exact) mass is 572 g/mol. The van der Waals surface area contributed by atoms with Crippen LogP contribution in [0.4, 0.5) is 26.3 Å². The van der Waals surface area contributed by atoms with Crippen LogP contribution < -0.4 is 5.30 Å². The first kappa shape index (κ1) is 27.3. The van der Waals surface area contributed by atoms with Crippen molar-refractivity contribution in [1.29, 1.82) is 0 Å². The van der Waals surface area contributed by atoms with Crippen LogP contribution in [-0.2, 0) is 16.9 Å². The van der Waals surface area contributed by atoms with Crippen molar-refractivity contribution in [3.63, 3.8) is 0 Å². The largest absolute Gasteiger partial charge is 0.417 e. The zero-order valence-corrected chi connectivity index (χ0v) is 20.1. The molecule has 0 aliphatic carbocycles. The summed E-state index contributed by atoms with van der Waals surface area (Å²) in [7, 11) is -4.20. The van der Waals surface area contributed by atoms with E-state index in [0.717, 1.165) is 6.07 Å². The van der Waals surface area contributed by atoms with E-state index in [4.69, 9.17) is 34.8 Å². The van der Waals surface area contributed by atoms with Crippen molar-refractivity contribution in [1.82, 2.24) is 0 Å². The number of halogens is 9. The summed E-state index contributed by atoms with van der Waals surface area (Å²) >= 11 is 18.3. The number of ketones is 1. The molecule has 0 radical (unpaired) electrons. The summed E-state index contributed by atoms with van der Waals surface area (Å²) in [5, 5.41) is -2.57. The molecule has 0 N–H and O–H groups in total. The van der Waals surface area contributed by atoms with Gasteiger partial charge in [-0.15, -0.1) is 0 Å². The molecule has 3 nitrogen and oxygen atoms in total. The Labute approximate surface area is 209 Å². The lowest BCUT2D eigenvalue weighted by Crippen LogP contribution is -2.20. The Morgan fingerprint density at radius 1 is 0.743 bits per heavy atom. The molecule has 184 valence electrons. The van der Waals surface area contributed by atoms with E-state index in [9.17, 15) is 40.5 Å². The van der Waals surface area contributed by atoms with Gasteiger partial charge in [0.2, 0.25) is 5.52 Å². The van der Waals surface area contributed by atoms with E-state index in [1.165, 1.54) is 12.1 Å². The summed E-state index contributed by atoms with van der Waals surface area (Å²) in [4.78, 5) is 25.6. The second kappa shape index (κ2) is 9.97. The van der Waals surface area contributed by atoms with Gasteiger partial charge in [0.25, 0.3) is 0 Å². The first-order valence-electron chi connectivity index (χ1n) is 9.30. The van der Waals surface area contributed by atoms with Crippen LogP contribution in [0.2, 0.25) is 15.1 Å². The second-order valence-corrected chi connectivity index (χ2v) is 9.76. The molecule has 3 aromatic rings. The van der Waals surface area contributed by atoms with Crippen LogP contribution in [-0.4, -0.2) is 11.3 Å². The number of hydrogen-bond donors (Lipinski definition) is 0. The molecule has 3 rings (SSSR count). The smallest absolute Gasteiger partial charge is 0.313 e. The SMILES string of the molecule is O=C(c1ccccc1)c1cc(Cl)c([PH](=O)C(=O)c2c(C(F)(F)F)cccc2C(F)(F)F)c(Cl)c1Cl. The first-order valence-corrected chi connectivity index (χ1v) is 11.8. The molecule has 0 bridgehead atoms. The van der Waals surface area contributed by atoms with Crippen molar-refractivity contribution >= 4 is 59.2 Å². The summed E-state index contributed by atoms with van der Waals surface area (Å²) in [5.41, 5.74) is -7.77. The minimum atomic E-state index is -5.37. The van der Waals surface area contributed by atoms with Gasteiger partial charge >= 0.3 is 12.4 Å². The van der Waals surface area contributed by atoms with Gasteiger partial charge in [-0.1, -0.05) is 71.2 Å². The molecule has 0 saturated heterocycles. The lowest BCUT2D eigenvalue weighted by atomic mass is 10.0. The second-order valence-electron chi connectivity index (χ2n) is 6.99. The van der Waals surface area contributed by atoms with Crippen molar-refractivity contribution in [2.75, 3.05) is 0 Å². The maximum absolute atomic E-state index is 13.4. The number of hydrogen-bond acceptors (Lipinski definition) is 3. The van der Waals surface area contributed by atoms with Crippen LogP contribution in [0.25, 0.3) is 0 Å². The summed E-state index contributed by atoms with van der Waals surface area (Å²) in [6.45, 7) is 0. The molecule has 0 fully saturated rings. The van der Waals surface area contributed by atoms with Crippen LogP contribution in [0.15, 0.2) is 54.6 Å². The number of rotatable bonds is 5. The average molecular weight is 574 g/mol. The lowest BCUT2D eigenvalue weighted by Gasteiger charge is -2.18. The van der Waals surface area contributed by atoms with Crippen LogP contribution in [0.3, 0.4) is 0 Å². The summed E-state index contributed by atoms with van der Waals surface area (Å²) in [6.07, 6.45) is -10.7. The fourth-order valence-electron chi connectivity index (χ4n) is 3.21. The average Bonchev–Trinajstić information content (AvgIpc) is 2.79. The van der Waals surface area contributed by atoms with E-state index < -0.39 is 68.5 Å². The highest BCUT2D eigenvalue weighted by Crippen LogP contribution is 2.45. The Bertz CT molecular complexity index is 1320. The number of alkyl halides is 6. The number of carbonyl (C=O) groups is 2. The molecule has 0 amide bonds. The Hall–Kier alpha value is -2.32. The summed E-state index contributed by atoms with van der Waals surface area (Å²) < 4.78 is 93.7. The van der Waals surface area contributed by atoms with Gasteiger partial charge in [-0.25, -0.2) is 0 Å². The molecular weight excluding hydrogens is 564 g/mol. The fourth-order valence-corrected chi connectivity index (χ4v) is 5.83. The normalized spacial score (nSPS) is 12.9. The van der Waals surface area contributed by atoms with Gasteiger partial charge in [0.05, 0.1) is 31.5 Å². The molecule has 3 aromatic carbocycles. The van der Waals surface area contributed by atoms with Gasteiger partial charge in [-0.05, 0) is 18.2 Å². The highest BCUT2D eigenvalue weighted by atomic mass is 35.5. The molecule has 0 aliphatic heterocycles. The minimum absolute atomic E-state index is 0.159. The van der Waals surface area contributed by atoms with E-state index in [1.54, 1.807) is 18.2 Å². The van der Waals surface area contributed by atoms with Gasteiger partial charge in [-0.2, -0.15) is 26.3 Å². The zero-order valence-electron chi connectivity index (χ0n) is 16.8. The molecule has 13 heteroatoms. The number of carbonyl (C=O) groups excluding carboxylic acids is 2. The van der Waals surface area contributed by atoms with Crippen molar-refractivity contribution in [2.24, 2.45) is 0 Å². The predicted molar refractivity (Wildman–Crippen MR) is 121 cm³/mol. The molecular formula is C22H10Cl3F6O3P. The van der Waals surface area contributed by atoms with Crippen LogP contribution >= 0.6 is 42.6 Å². The van der Waals surface area contributed by atoms with E-state index in [2.05, 4.69) is 0 Å². The standard InChI is InChI=1S/C22H10Cl3F6O3P/c23-14-9-11(18(32)10-5-2-1-3-6-10)16(24)17(25)19(14)35(34)20(33)15-12(21(26,27)28)7-4-8-13(15)22(29,30)31/h1-9,35H. The molecule has 0 saturated carbocycles. The van der Waals surface area contributed by atoms with Crippen molar-refractivity contribution in [3.05, 3.63) is 97.5 Å². The topological polar surface area (TPSA) is 51.2 Å². The van der Waals surface area contributed by atoms with Crippen LogP contribution in [0.1, 0.15) is 37.4 Å². The van der Waals surface area contributed by atoms with Gasteiger partial charge in [-0.3, -0.25) is 9.59 Å². The third-order valence-corrected chi connectivity index (χ3v) is 7.89. The Kier molecular flexibility index (Phi) is 7.77. The van der Waals surface area contributed by atoms with E-state index >= 15 is 0 Å². The quantitative estimate of drug-likeness (QED) is 0.135. The predicted octanol–water partition coefficient (Wildman–Crippen LogP) is 7.94. The molecule has 0 spiro atoms. The van der Waals surface area contributed by atoms with E-state index in [-0.39, 0.29) is 23.3 Å². The lowest BCUT2D eigenvalue weighted by molar-refractivity contribution is -0.143. The fraction of sp³-hybridized carbons (Fsp3) is 0.0909. The highest BCUT2D eigenvalue weighted by molar-refractivity contribution is 7.72. The first-order chi connectivity index (χ1) is 16.2. The molecule has 0 aliphatic rings.